The lowest BCUT2D eigenvalue weighted by Crippen LogP contribution is -2.32. The lowest BCUT2D eigenvalue weighted by Gasteiger charge is -2.15. The van der Waals surface area contributed by atoms with Crippen LogP contribution in [0.4, 0.5) is 0 Å². The maximum atomic E-state index is 11.7. The van der Waals surface area contributed by atoms with Gasteiger partial charge < -0.3 is 15.2 Å². The molecule has 1 heterocycles. The van der Waals surface area contributed by atoms with E-state index in [1.165, 1.54) is 0 Å². The summed E-state index contributed by atoms with van der Waals surface area (Å²) in [6.07, 6.45) is 1.60. The fourth-order valence-corrected chi connectivity index (χ4v) is 1.24. The fourth-order valence-electron chi connectivity index (χ4n) is 1.08. The molecule has 6 heteroatoms. The Balaban J connectivity index is 0.00000196. The number of rotatable bonds is 4. The molecule has 0 atom stereocenters. The molecule has 0 saturated heterocycles. The van der Waals surface area contributed by atoms with Crippen LogP contribution in [-0.2, 0) is 0 Å². The predicted molar refractivity (Wildman–Crippen MR) is 63.9 cm³/mol. The molecule has 0 aliphatic rings. The third-order valence-corrected chi connectivity index (χ3v) is 2.14. The highest BCUT2D eigenvalue weighted by molar-refractivity contribution is 6.30. The van der Waals surface area contributed by atoms with Crippen molar-refractivity contribution in [2.45, 2.75) is 0 Å². The second-order valence-electron chi connectivity index (χ2n) is 3.06. The topological polar surface area (TPSA) is 48.1 Å². The standard InChI is InChI=1S/C9H14ClN3O.ClH/c1-11-3-4-13(2)9(14)8-5-7(10)6-12-8;/h5-6,11-12H,3-4H2,1-2H3;1H. The van der Waals surface area contributed by atoms with Crippen LogP contribution in [0, 0.1) is 0 Å². The van der Waals surface area contributed by atoms with E-state index < -0.39 is 0 Å². The van der Waals surface area contributed by atoms with Gasteiger partial charge in [-0.3, -0.25) is 4.79 Å². The highest BCUT2D eigenvalue weighted by atomic mass is 35.5. The van der Waals surface area contributed by atoms with E-state index in [-0.39, 0.29) is 18.3 Å². The summed E-state index contributed by atoms with van der Waals surface area (Å²) in [6, 6.07) is 1.62. The maximum Gasteiger partial charge on any atom is 0.270 e. The van der Waals surface area contributed by atoms with Gasteiger partial charge in [-0.25, -0.2) is 0 Å². The number of likely N-dealkylation sites (N-methyl/N-ethyl adjacent to an activating group) is 2. The Morgan fingerprint density at radius 1 is 1.67 bits per heavy atom. The zero-order valence-electron chi connectivity index (χ0n) is 8.71. The van der Waals surface area contributed by atoms with E-state index in [1.54, 1.807) is 24.2 Å². The Labute approximate surface area is 100 Å². The largest absolute Gasteiger partial charge is 0.356 e. The molecule has 2 N–H and O–H groups in total. The first-order valence-corrected chi connectivity index (χ1v) is 4.77. The van der Waals surface area contributed by atoms with Gasteiger partial charge in [-0.2, -0.15) is 0 Å². The summed E-state index contributed by atoms with van der Waals surface area (Å²) in [4.78, 5) is 16.1. The smallest absolute Gasteiger partial charge is 0.270 e. The number of carbonyl (C=O) groups excluding carboxylic acids is 1. The van der Waals surface area contributed by atoms with Crippen molar-refractivity contribution in [1.29, 1.82) is 0 Å². The number of aromatic amines is 1. The third-order valence-electron chi connectivity index (χ3n) is 1.92. The molecule has 0 radical (unpaired) electrons. The monoisotopic (exact) mass is 251 g/mol. The van der Waals surface area contributed by atoms with E-state index in [0.717, 1.165) is 6.54 Å². The summed E-state index contributed by atoms with van der Waals surface area (Å²) in [7, 11) is 3.61. The lowest BCUT2D eigenvalue weighted by molar-refractivity contribution is 0.0792. The van der Waals surface area contributed by atoms with Gasteiger partial charge in [-0.15, -0.1) is 12.4 Å². The van der Waals surface area contributed by atoms with Crippen molar-refractivity contribution in [3.63, 3.8) is 0 Å². The zero-order chi connectivity index (χ0) is 10.6. The van der Waals surface area contributed by atoms with Gasteiger partial charge in [0.2, 0.25) is 0 Å². The first-order valence-electron chi connectivity index (χ1n) is 4.39. The quantitative estimate of drug-likeness (QED) is 0.850. The van der Waals surface area contributed by atoms with Crippen LogP contribution in [0.1, 0.15) is 10.5 Å². The van der Waals surface area contributed by atoms with Crippen molar-refractivity contribution in [3.8, 4) is 0 Å². The van der Waals surface area contributed by atoms with Gasteiger partial charge in [0.1, 0.15) is 5.69 Å². The molecule has 0 saturated carbocycles. The first-order chi connectivity index (χ1) is 6.65. The summed E-state index contributed by atoms with van der Waals surface area (Å²) >= 11 is 5.70. The summed E-state index contributed by atoms with van der Waals surface area (Å²) in [5, 5.41) is 3.53. The van der Waals surface area contributed by atoms with Crippen LogP contribution < -0.4 is 5.32 Å². The number of hydrogen-bond acceptors (Lipinski definition) is 2. The number of H-pyrrole nitrogens is 1. The second kappa shape index (κ2) is 6.71. The minimum atomic E-state index is -0.0489. The molecule has 15 heavy (non-hydrogen) atoms. The van der Waals surface area contributed by atoms with Crippen LogP contribution in [0.2, 0.25) is 5.02 Å². The highest BCUT2D eigenvalue weighted by Crippen LogP contribution is 2.10. The molecule has 1 aromatic rings. The number of hydrogen-bond donors (Lipinski definition) is 2. The molecule has 0 bridgehead atoms. The highest BCUT2D eigenvalue weighted by Gasteiger charge is 2.12. The van der Waals surface area contributed by atoms with Gasteiger partial charge in [0.15, 0.2) is 0 Å². The Kier molecular flexibility index (Phi) is 6.40. The third kappa shape index (κ3) is 4.11. The van der Waals surface area contributed by atoms with E-state index in [1.807, 2.05) is 7.05 Å². The summed E-state index contributed by atoms with van der Waals surface area (Å²) in [5.74, 6) is -0.0489. The Morgan fingerprint density at radius 2 is 2.33 bits per heavy atom. The van der Waals surface area contributed by atoms with Crippen molar-refractivity contribution in [3.05, 3.63) is 23.0 Å². The van der Waals surface area contributed by atoms with Gasteiger partial charge in [0, 0.05) is 26.3 Å². The van der Waals surface area contributed by atoms with Gasteiger partial charge in [-0.05, 0) is 13.1 Å². The average molecular weight is 252 g/mol. The molecule has 0 fully saturated rings. The Morgan fingerprint density at radius 3 is 2.80 bits per heavy atom. The van der Waals surface area contributed by atoms with Crippen molar-refractivity contribution in [1.82, 2.24) is 15.2 Å². The number of halogens is 2. The van der Waals surface area contributed by atoms with Crippen LogP contribution in [-0.4, -0.2) is 43.0 Å². The van der Waals surface area contributed by atoms with E-state index in [2.05, 4.69) is 10.3 Å². The molecule has 0 spiro atoms. The number of aromatic nitrogens is 1. The number of nitrogens with zero attached hydrogens (tertiary/aromatic N) is 1. The van der Waals surface area contributed by atoms with Gasteiger partial charge in [0.25, 0.3) is 5.91 Å². The Bertz CT molecular complexity index is 314. The van der Waals surface area contributed by atoms with E-state index in [9.17, 15) is 4.79 Å². The Hall–Kier alpha value is -0.710. The van der Waals surface area contributed by atoms with Crippen LogP contribution in [0.15, 0.2) is 12.3 Å². The van der Waals surface area contributed by atoms with Crippen molar-refractivity contribution in [2.75, 3.05) is 27.2 Å². The van der Waals surface area contributed by atoms with Crippen molar-refractivity contribution < 1.29 is 4.79 Å². The molecule has 0 unspecified atom stereocenters. The summed E-state index contributed by atoms with van der Waals surface area (Å²) in [5.41, 5.74) is 0.522. The van der Waals surface area contributed by atoms with E-state index in [4.69, 9.17) is 11.6 Å². The molecule has 4 nitrogen and oxygen atoms in total. The van der Waals surface area contributed by atoms with Gasteiger partial charge in [-0.1, -0.05) is 11.6 Å². The van der Waals surface area contributed by atoms with Crippen LogP contribution >= 0.6 is 24.0 Å². The molecular weight excluding hydrogens is 237 g/mol. The van der Waals surface area contributed by atoms with Crippen LogP contribution in [0.25, 0.3) is 0 Å². The number of nitrogens with one attached hydrogen (secondary N) is 2. The molecule has 0 aliphatic heterocycles. The van der Waals surface area contributed by atoms with E-state index >= 15 is 0 Å². The molecule has 86 valence electrons. The minimum absolute atomic E-state index is 0. The molecule has 0 aromatic carbocycles. The molecule has 1 amide bonds. The van der Waals surface area contributed by atoms with Gasteiger partial charge >= 0.3 is 0 Å². The molecule has 0 aliphatic carbocycles. The fraction of sp³-hybridized carbons (Fsp3) is 0.444. The average Bonchev–Trinajstić information content (AvgIpc) is 2.60. The predicted octanol–water partition coefficient (Wildman–Crippen LogP) is 1.38. The second-order valence-corrected chi connectivity index (χ2v) is 3.50. The van der Waals surface area contributed by atoms with Crippen molar-refractivity contribution >= 4 is 29.9 Å². The summed E-state index contributed by atoms with van der Waals surface area (Å²) < 4.78 is 0. The first kappa shape index (κ1) is 14.3. The summed E-state index contributed by atoms with van der Waals surface area (Å²) in [6.45, 7) is 1.45. The van der Waals surface area contributed by atoms with Crippen molar-refractivity contribution in [2.24, 2.45) is 0 Å². The lowest BCUT2D eigenvalue weighted by atomic mass is 10.3. The molecule has 1 rings (SSSR count). The maximum absolute atomic E-state index is 11.7. The number of carbonyl (C=O) groups is 1. The molecular formula is C9H15Cl2N3O. The minimum Gasteiger partial charge on any atom is -0.356 e. The zero-order valence-corrected chi connectivity index (χ0v) is 10.3. The SMILES string of the molecule is CNCCN(C)C(=O)c1cc(Cl)c[nH]1.Cl. The van der Waals surface area contributed by atoms with Crippen LogP contribution in [0.3, 0.4) is 0 Å². The molecule has 1 aromatic heterocycles. The normalized spacial score (nSPS) is 9.53. The number of amides is 1. The van der Waals surface area contributed by atoms with Crippen LogP contribution in [0.5, 0.6) is 0 Å². The van der Waals surface area contributed by atoms with Gasteiger partial charge in [0.05, 0.1) is 5.02 Å². The van der Waals surface area contributed by atoms with E-state index in [0.29, 0.717) is 17.3 Å².